The summed E-state index contributed by atoms with van der Waals surface area (Å²) in [5, 5.41) is 5.94. The second-order valence-electron chi connectivity index (χ2n) is 4.58. The predicted molar refractivity (Wildman–Crippen MR) is 95.8 cm³/mol. The highest BCUT2D eigenvalue weighted by Crippen LogP contribution is 2.13. The second-order valence-corrected chi connectivity index (χ2v) is 5.53. The second kappa shape index (κ2) is 10.6. The summed E-state index contributed by atoms with van der Waals surface area (Å²) in [6, 6.07) is 9.39. The van der Waals surface area contributed by atoms with E-state index >= 15 is 0 Å². The molecule has 1 aromatic heterocycles. The maximum absolute atomic E-state index is 11.9. The fourth-order valence-electron chi connectivity index (χ4n) is 1.87. The van der Waals surface area contributed by atoms with Gasteiger partial charge < -0.3 is 11.1 Å². The van der Waals surface area contributed by atoms with Gasteiger partial charge in [-0.1, -0.05) is 37.3 Å². The average molecular weight is 362 g/mol. The van der Waals surface area contributed by atoms with Crippen molar-refractivity contribution in [3.63, 3.8) is 0 Å². The minimum atomic E-state index is -0.266. The van der Waals surface area contributed by atoms with E-state index in [1.807, 2.05) is 35.7 Å². The van der Waals surface area contributed by atoms with Crippen LogP contribution >= 0.6 is 36.2 Å². The maximum atomic E-state index is 11.9. The van der Waals surface area contributed by atoms with E-state index in [4.69, 9.17) is 5.73 Å². The van der Waals surface area contributed by atoms with Crippen LogP contribution in [0.2, 0.25) is 0 Å². The summed E-state index contributed by atoms with van der Waals surface area (Å²) in [7, 11) is 0. The first-order valence-corrected chi connectivity index (χ1v) is 7.57. The van der Waals surface area contributed by atoms with Crippen molar-refractivity contribution in [2.24, 2.45) is 5.73 Å². The number of nitrogens with zero attached hydrogens (tertiary/aromatic N) is 1. The van der Waals surface area contributed by atoms with Gasteiger partial charge in [-0.05, 0) is 12.0 Å². The van der Waals surface area contributed by atoms with Crippen LogP contribution in [0.25, 0.3) is 0 Å². The molecule has 122 valence electrons. The van der Waals surface area contributed by atoms with Gasteiger partial charge in [0.2, 0.25) is 5.91 Å². The predicted octanol–water partition coefficient (Wildman–Crippen LogP) is 3.26. The van der Waals surface area contributed by atoms with E-state index in [1.54, 1.807) is 11.3 Å². The third-order valence-corrected chi connectivity index (χ3v) is 4.04. The van der Waals surface area contributed by atoms with Gasteiger partial charge in [0.15, 0.2) is 0 Å². The molecule has 0 aliphatic carbocycles. The molecule has 0 saturated carbocycles. The number of rotatable bonds is 6. The van der Waals surface area contributed by atoms with E-state index in [9.17, 15) is 4.79 Å². The van der Waals surface area contributed by atoms with Gasteiger partial charge in [0.1, 0.15) is 0 Å². The Hall–Kier alpha value is -1.14. The molecule has 1 amide bonds. The van der Waals surface area contributed by atoms with E-state index in [2.05, 4.69) is 17.2 Å². The highest BCUT2D eigenvalue weighted by atomic mass is 35.5. The van der Waals surface area contributed by atoms with Gasteiger partial charge in [-0.25, -0.2) is 4.98 Å². The topological polar surface area (TPSA) is 68.0 Å². The first-order chi connectivity index (χ1) is 9.69. The lowest BCUT2D eigenvalue weighted by Crippen LogP contribution is -2.27. The Balaban J connectivity index is 0.00000220. The Kier molecular flexibility index (Phi) is 10.0. The lowest BCUT2D eigenvalue weighted by Gasteiger charge is -2.11. The molecule has 2 aromatic rings. The molecule has 2 rings (SSSR count). The molecule has 0 radical (unpaired) electrons. The number of nitrogens with one attached hydrogen (secondary N) is 1. The Morgan fingerprint density at radius 3 is 2.59 bits per heavy atom. The van der Waals surface area contributed by atoms with Gasteiger partial charge in [0.05, 0.1) is 17.2 Å². The Morgan fingerprint density at radius 1 is 1.32 bits per heavy atom. The van der Waals surface area contributed by atoms with Crippen molar-refractivity contribution in [2.75, 3.05) is 0 Å². The summed E-state index contributed by atoms with van der Waals surface area (Å²) in [4.78, 5) is 16.3. The third kappa shape index (κ3) is 6.32. The number of aryl methyl sites for hydroxylation is 1. The van der Waals surface area contributed by atoms with Crippen LogP contribution in [0.5, 0.6) is 0 Å². The van der Waals surface area contributed by atoms with E-state index in [0.29, 0.717) is 6.54 Å². The summed E-state index contributed by atoms with van der Waals surface area (Å²) in [6.07, 6.45) is 1.21. The number of hydrogen-bond acceptors (Lipinski definition) is 4. The molecule has 0 bridgehead atoms. The molecule has 1 heterocycles. The number of halogens is 2. The maximum Gasteiger partial charge on any atom is 0.222 e. The van der Waals surface area contributed by atoms with Crippen LogP contribution in [-0.2, 0) is 17.8 Å². The van der Waals surface area contributed by atoms with Crippen molar-refractivity contribution in [1.82, 2.24) is 10.3 Å². The van der Waals surface area contributed by atoms with Gasteiger partial charge in [-0.2, -0.15) is 0 Å². The van der Waals surface area contributed by atoms with Crippen molar-refractivity contribution in [2.45, 2.75) is 32.4 Å². The van der Waals surface area contributed by atoms with Crippen molar-refractivity contribution in [1.29, 1.82) is 0 Å². The molecule has 7 heteroatoms. The van der Waals surface area contributed by atoms with E-state index < -0.39 is 0 Å². The van der Waals surface area contributed by atoms with Gasteiger partial charge in [-0.3, -0.25) is 4.79 Å². The molecular weight excluding hydrogens is 341 g/mol. The van der Waals surface area contributed by atoms with Crippen LogP contribution < -0.4 is 11.1 Å². The summed E-state index contributed by atoms with van der Waals surface area (Å²) < 4.78 is 0. The first-order valence-electron chi connectivity index (χ1n) is 6.69. The molecule has 3 N–H and O–H groups in total. The molecule has 0 aliphatic rings. The number of amides is 1. The molecule has 1 atom stereocenters. The zero-order valence-corrected chi connectivity index (χ0v) is 14.8. The van der Waals surface area contributed by atoms with Crippen molar-refractivity contribution >= 4 is 42.1 Å². The monoisotopic (exact) mass is 361 g/mol. The minimum absolute atomic E-state index is 0. The SMILES string of the molecule is CCc1nc(CNC(=O)CC(N)c2ccccc2)cs1.Cl.Cl. The number of hydrogen-bond donors (Lipinski definition) is 2. The Labute approximate surface area is 147 Å². The molecule has 0 saturated heterocycles. The molecule has 22 heavy (non-hydrogen) atoms. The summed E-state index contributed by atoms with van der Waals surface area (Å²) in [5.74, 6) is -0.0487. The molecule has 0 fully saturated rings. The summed E-state index contributed by atoms with van der Waals surface area (Å²) in [6.45, 7) is 2.54. The number of thiazole rings is 1. The van der Waals surface area contributed by atoms with Gasteiger partial charge >= 0.3 is 0 Å². The number of carbonyl (C=O) groups is 1. The highest BCUT2D eigenvalue weighted by Gasteiger charge is 2.11. The molecule has 4 nitrogen and oxygen atoms in total. The van der Waals surface area contributed by atoms with Gasteiger partial charge in [0.25, 0.3) is 0 Å². The van der Waals surface area contributed by atoms with Crippen LogP contribution in [0.15, 0.2) is 35.7 Å². The number of aromatic nitrogens is 1. The van der Waals surface area contributed by atoms with Crippen LogP contribution in [-0.4, -0.2) is 10.9 Å². The lowest BCUT2D eigenvalue weighted by atomic mass is 10.0. The van der Waals surface area contributed by atoms with E-state index in [0.717, 1.165) is 22.7 Å². The minimum Gasteiger partial charge on any atom is -0.350 e. The molecule has 1 aromatic carbocycles. The van der Waals surface area contributed by atoms with E-state index in [-0.39, 0.29) is 43.2 Å². The number of nitrogens with two attached hydrogens (primary N) is 1. The Bertz CT molecular complexity index is 563. The lowest BCUT2D eigenvalue weighted by molar-refractivity contribution is -0.121. The highest BCUT2D eigenvalue weighted by molar-refractivity contribution is 7.09. The number of benzene rings is 1. The van der Waals surface area contributed by atoms with Crippen LogP contribution in [0.3, 0.4) is 0 Å². The van der Waals surface area contributed by atoms with Crippen LogP contribution in [0.1, 0.15) is 35.7 Å². The fourth-order valence-corrected chi connectivity index (χ4v) is 2.62. The number of carbonyl (C=O) groups excluding carboxylic acids is 1. The van der Waals surface area contributed by atoms with Crippen molar-refractivity contribution in [3.8, 4) is 0 Å². The van der Waals surface area contributed by atoms with Gasteiger partial charge in [0, 0.05) is 17.8 Å². The van der Waals surface area contributed by atoms with Crippen molar-refractivity contribution in [3.05, 3.63) is 52.0 Å². The van der Waals surface area contributed by atoms with E-state index in [1.165, 1.54) is 0 Å². The van der Waals surface area contributed by atoms with Crippen LogP contribution in [0, 0.1) is 0 Å². The molecular formula is C15H21Cl2N3OS. The Morgan fingerprint density at radius 2 is 2.00 bits per heavy atom. The molecule has 1 unspecified atom stereocenters. The average Bonchev–Trinajstić information content (AvgIpc) is 2.94. The van der Waals surface area contributed by atoms with Crippen molar-refractivity contribution < 1.29 is 4.79 Å². The normalized spacial score (nSPS) is 11.0. The summed E-state index contributed by atoms with van der Waals surface area (Å²) in [5.41, 5.74) is 7.90. The third-order valence-electron chi connectivity index (χ3n) is 3.00. The smallest absolute Gasteiger partial charge is 0.222 e. The fraction of sp³-hybridized carbons (Fsp3) is 0.333. The van der Waals surface area contributed by atoms with Gasteiger partial charge in [-0.15, -0.1) is 36.2 Å². The first kappa shape index (κ1) is 20.9. The molecule has 0 spiro atoms. The largest absolute Gasteiger partial charge is 0.350 e. The van der Waals surface area contributed by atoms with Crippen LogP contribution in [0.4, 0.5) is 0 Å². The zero-order chi connectivity index (χ0) is 14.4. The quantitative estimate of drug-likeness (QED) is 0.829. The summed E-state index contributed by atoms with van der Waals surface area (Å²) >= 11 is 1.62. The standard InChI is InChI=1S/C15H19N3OS.2ClH/c1-2-15-18-12(10-20-15)9-17-14(19)8-13(16)11-6-4-3-5-7-11;;/h3-7,10,13H,2,8-9,16H2,1H3,(H,17,19);2*1H. The molecule has 0 aliphatic heterocycles. The zero-order valence-electron chi connectivity index (χ0n) is 12.3.